The number of likely N-dealkylation sites (tertiary alicyclic amines) is 1. The summed E-state index contributed by atoms with van der Waals surface area (Å²) in [5, 5.41) is 5.36. The Balaban J connectivity index is 1.66. The van der Waals surface area contributed by atoms with Crippen LogP contribution in [-0.4, -0.2) is 41.4 Å². The van der Waals surface area contributed by atoms with Crippen LogP contribution >= 0.6 is 0 Å². The van der Waals surface area contributed by atoms with E-state index in [1.165, 1.54) is 0 Å². The number of benzene rings is 1. The summed E-state index contributed by atoms with van der Waals surface area (Å²) in [4.78, 5) is 39.3. The Morgan fingerprint density at radius 3 is 2.32 bits per heavy atom. The van der Waals surface area contributed by atoms with Crippen LogP contribution in [0, 0.1) is 11.8 Å². The molecule has 0 saturated carbocycles. The van der Waals surface area contributed by atoms with Crippen molar-refractivity contribution in [1.82, 2.24) is 15.5 Å². The highest BCUT2D eigenvalue weighted by Gasteiger charge is 2.52. The molecular weight excluding hydrogens is 354 g/mol. The summed E-state index contributed by atoms with van der Waals surface area (Å²) in [5.41, 5.74) is 0.187. The summed E-state index contributed by atoms with van der Waals surface area (Å²) in [5.74, 6) is 0.243. The number of hydrogen-bond acceptors (Lipinski definition) is 3. The van der Waals surface area contributed by atoms with Crippen molar-refractivity contribution in [2.45, 2.75) is 57.9 Å². The second-order valence-electron chi connectivity index (χ2n) is 8.54. The Kier molecular flexibility index (Phi) is 6.06. The Morgan fingerprint density at radius 2 is 1.79 bits per heavy atom. The lowest BCUT2D eigenvalue weighted by Crippen LogP contribution is -2.56. The van der Waals surface area contributed by atoms with Crippen molar-refractivity contribution in [3.63, 3.8) is 0 Å². The molecule has 2 aliphatic heterocycles. The average molecular weight is 386 g/mol. The van der Waals surface area contributed by atoms with Crippen molar-refractivity contribution >= 4 is 17.8 Å². The molecule has 2 unspecified atom stereocenters. The Morgan fingerprint density at radius 1 is 1.14 bits per heavy atom. The molecule has 6 nitrogen and oxygen atoms in total. The van der Waals surface area contributed by atoms with Gasteiger partial charge in [0.15, 0.2) is 0 Å². The van der Waals surface area contributed by atoms with Gasteiger partial charge < -0.3 is 10.2 Å². The molecule has 0 bridgehead atoms. The first-order valence-electron chi connectivity index (χ1n) is 10.3. The topological polar surface area (TPSA) is 78.5 Å². The first-order chi connectivity index (χ1) is 13.3. The van der Waals surface area contributed by atoms with Gasteiger partial charge >= 0.3 is 6.03 Å². The van der Waals surface area contributed by atoms with Gasteiger partial charge in [-0.15, -0.1) is 0 Å². The van der Waals surface area contributed by atoms with E-state index in [4.69, 9.17) is 0 Å². The van der Waals surface area contributed by atoms with Gasteiger partial charge in [0.25, 0.3) is 5.91 Å². The predicted molar refractivity (Wildman–Crippen MR) is 108 cm³/mol. The van der Waals surface area contributed by atoms with E-state index in [9.17, 15) is 14.4 Å². The van der Waals surface area contributed by atoms with Crippen LogP contribution < -0.4 is 10.6 Å². The summed E-state index contributed by atoms with van der Waals surface area (Å²) in [6.07, 6.45) is 2.96. The Labute approximate surface area is 167 Å². The second kappa shape index (κ2) is 8.33. The van der Waals surface area contributed by atoms with Gasteiger partial charge in [-0.05, 0) is 50.0 Å². The number of amides is 4. The summed E-state index contributed by atoms with van der Waals surface area (Å²) in [7, 11) is 0. The zero-order valence-electron chi connectivity index (χ0n) is 17.0. The maximum Gasteiger partial charge on any atom is 0.322 e. The lowest BCUT2D eigenvalue weighted by molar-refractivity contribution is -0.135. The van der Waals surface area contributed by atoms with Crippen molar-refractivity contribution < 1.29 is 14.4 Å². The molecule has 1 aromatic rings. The normalized spacial score (nSPS) is 24.2. The third-order valence-corrected chi connectivity index (χ3v) is 6.26. The molecule has 2 fully saturated rings. The van der Waals surface area contributed by atoms with Crippen LogP contribution in [0.2, 0.25) is 0 Å². The second-order valence-corrected chi connectivity index (χ2v) is 8.54. The van der Waals surface area contributed by atoms with Crippen LogP contribution in [0.3, 0.4) is 0 Å². The molecule has 0 spiro atoms. The highest BCUT2D eigenvalue weighted by Crippen LogP contribution is 2.36. The summed E-state index contributed by atoms with van der Waals surface area (Å²) >= 11 is 0. The minimum absolute atomic E-state index is 0.0498. The van der Waals surface area contributed by atoms with Crippen LogP contribution in [-0.2, 0) is 9.59 Å². The number of nitrogens with one attached hydrogen (secondary N) is 2. The fourth-order valence-corrected chi connectivity index (χ4v) is 4.44. The van der Waals surface area contributed by atoms with Crippen molar-refractivity contribution in [2.75, 3.05) is 13.1 Å². The monoisotopic (exact) mass is 385 g/mol. The van der Waals surface area contributed by atoms with E-state index in [1.807, 2.05) is 42.2 Å². The molecule has 28 heavy (non-hydrogen) atoms. The molecule has 152 valence electrons. The number of carbonyl (C=O) groups is 3. The number of nitrogens with zero attached hydrogens (tertiary/aromatic N) is 1. The lowest BCUT2D eigenvalue weighted by Gasteiger charge is -2.41. The molecule has 4 amide bonds. The zero-order chi connectivity index (χ0) is 20.3. The molecule has 6 heteroatoms. The number of carbonyl (C=O) groups excluding carboxylic acids is 3. The van der Waals surface area contributed by atoms with Gasteiger partial charge in [-0.2, -0.15) is 0 Å². The van der Waals surface area contributed by atoms with Gasteiger partial charge in [0.2, 0.25) is 5.91 Å². The predicted octanol–water partition coefficient (Wildman–Crippen LogP) is 3.04. The first-order valence-corrected chi connectivity index (χ1v) is 10.3. The smallest absolute Gasteiger partial charge is 0.322 e. The van der Waals surface area contributed by atoms with E-state index < -0.39 is 11.6 Å². The van der Waals surface area contributed by atoms with Gasteiger partial charge in [0.05, 0.1) is 5.92 Å². The first kappa shape index (κ1) is 20.4. The van der Waals surface area contributed by atoms with Crippen molar-refractivity contribution in [2.24, 2.45) is 11.8 Å². The van der Waals surface area contributed by atoms with Gasteiger partial charge in [-0.25, -0.2) is 4.79 Å². The standard InChI is InChI=1S/C22H31N3O3/c1-15(2)9-12-22(20(27)23-21(28)24-22)18-10-13-25(14-11-18)19(26)16(3)17-7-5-4-6-8-17/h4-8,15-16,18H,9-14H2,1-3H3,(H2,23,24,27,28). The fourth-order valence-electron chi connectivity index (χ4n) is 4.44. The van der Waals surface area contributed by atoms with E-state index in [-0.39, 0.29) is 23.7 Å². The quantitative estimate of drug-likeness (QED) is 0.739. The van der Waals surface area contributed by atoms with Crippen LogP contribution in [0.4, 0.5) is 4.79 Å². The number of imide groups is 1. The molecule has 2 N–H and O–H groups in total. The van der Waals surface area contributed by atoms with Crippen LogP contribution in [0.25, 0.3) is 0 Å². The Hall–Kier alpha value is -2.37. The van der Waals surface area contributed by atoms with Crippen molar-refractivity contribution in [3.8, 4) is 0 Å². The summed E-state index contributed by atoms with van der Waals surface area (Å²) in [6.45, 7) is 7.42. The van der Waals surface area contributed by atoms with Crippen LogP contribution in [0.5, 0.6) is 0 Å². The molecule has 0 aliphatic carbocycles. The van der Waals surface area contributed by atoms with Crippen LogP contribution in [0.1, 0.15) is 57.9 Å². The molecule has 1 aromatic carbocycles. The maximum absolute atomic E-state index is 12.9. The maximum atomic E-state index is 12.9. The third-order valence-electron chi connectivity index (χ3n) is 6.26. The van der Waals surface area contributed by atoms with Gasteiger partial charge in [0.1, 0.15) is 5.54 Å². The molecule has 2 saturated heterocycles. The van der Waals surface area contributed by atoms with Gasteiger partial charge in [-0.1, -0.05) is 44.2 Å². The number of urea groups is 1. The molecule has 0 radical (unpaired) electrons. The number of hydrogen-bond donors (Lipinski definition) is 2. The van der Waals surface area contributed by atoms with Gasteiger partial charge in [-0.3, -0.25) is 14.9 Å². The fraction of sp³-hybridized carbons (Fsp3) is 0.591. The Bertz CT molecular complexity index is 726. The largest absolute Gasteiger partial charge is 0.342 e. The number of piperidine rings is 1. The van der Waals surface area contributed by atoms with Crippen LogP contribution in [0.15, 0.2) is 30.3 Å². The molecule has 0 aromatic heterocycles. The summed E-state index contributed by atoms with van der Waals surface area (Å²) < 4.78 is 0. The minimum atomic E-state index is -0.832. The average Bonchev–Trinajstić information content (AvgIpc) is 3.00. The highest BCUT2D eigenvalue weighted by atomic mass is 16.2. The molecule has 2 atom stereocenters. The van der Waals surface area contributed by atoms with E-state index in [1.54, 1.807) is 0 Å². The third kappa shape index (κ3) is 4.05. The highest BCUT2D eigenvalue weighted by molar-refractivity contribution is 6.07. The van der Waals surface area contributed by atoms with Crippen molar-refractivity contribution in [3.05, 3.63) is 35.9 Å². The van der Waals surface area contributed by atoms with Gasteiger partial charge in [0, 0.05) is 13.1 Å². The zero-order valence-corrected chi connectivity index (χ0v) is 17.0. The number of rotatable bonds is 6. The van der Waals surface area contributed by atoms with Crippen molar-refractivity contribution in [1.29, 1.82) is 0 Å². The molecule has 2 aliphatic rings. The summed E-state index contributed by atoms with van der Waals surface area (Å²) in [6, 6.07) is 9.41. The molecule has 3 rings (SSSR count). The van der Waals surface area contributed by atoms with E-state index in [2.05, 4.69) is 24.5 Å². The SMILES string of the molecule is CC(C)CCC1(C2CCN(C(=O)C(C)c3ccccc3)CC2)NC(=O)NC1=O. The molecular formula is C22H31N3O3. The van der Waals surface area contributed by atoms with E-state index in [0.717, 1.165) is 24.8 Å². The van der Waals surface area contributed by atoms with E-state index in [0.29, 0.717) is 25.4 Å². The molecule has 2 heterocycles. The van der Waals surface area contributed by atoms with E-state index >= 15 is 0 Å². The lowest BCUT2D eigenvalue weighted by atomic mass is 9.74. The minimum Gasteiger partial charge on any atom is -0.342 e.